The van der Waals surface area contributed by atoms with Crippen molar-refractivity contribution < 1.29 is 30.9 Å². The van der Waals surface area contributed by atoms with Crippen LogP contribution in [0.4, 0.5) is 0 Å². The molecule has 0 aliphatic heterocycles. The summed E-state index contributed by atoms with van der Waals surface area (Å²) in [5, 5.41) is 10.7. The molecule has 6 nitrogen and oxygen atoms in total. The van der Waals surface area contributed by atoms with Crippen molar-refractivity contribution in [2.45, 2.75) is 13.3 Å². The third-order valence-electron chi connectivity index (χ3n) is 2.22. The summed E-state index contributed by atoms with van der Waals surface area (Å²) in [4.78, 5) is 19.3. The number of allylic oxidation sites excluding steroid dienone is 5. The Hall–Kier alpha value is -1.76. The maximum absolute atomic E-state index is 11.3. The second-order valence-electron chi connectivity index (χ2n) is 3.72. The number of ketones is 1. The van der Waals surface area contributed by atoms with E-state index in [0.717, 1.165) is 36.0 Å². The topological polar surface area (TPSA) is 93.4 Å². The van der Waals surface area contributed by atoms with Crippen LogP contribution >= 0.6 is 0 Å². The van der Waals surface area contributed by atoms with E-state index in [1.165, 1.54) is 6.33 Å². The number of aliphatic hydroxyl groups is 1. The van der Waals surface area contributed by atoms with E-state index in [4.69, 9.17) is 8.78 Å². The number of aliphatic hydroxyl groups excluding tert-OH is 1. The van der Waals surface area contributed by atoms with Gasteiger partial charge in [-0.3, -0.25) is 4.79 Å². The second-order valence-corrected chi connectivity index (χ2v) is 3.72. The Morgan fingerprint density at radius 1 is 1.38 bits per heavy atom. The van der Waals surface area contributed by atoms with Gasteiger partial charge in [0.2, 0.25) is 0 Å². The zero-order chi connectivity index (χ0) is 15.9. The SMILES string of the molecule is CCO.O=C1C=CC=C/C1=C\NCCc1c[n-]cn1.[O]=[V]. The van der Waals surface area contributed by atoms with Gasteiger partial charge in [0.15, 0.2) is 5.78 Å². The normalized spacial score (nSPS) is 14.0. The first-order valence-corrected chi connectivity index (χ1v) is 6.88. The van der Waals surface area contributed by atoms with Crippen molar-refractivity contribution in [3.63, 3.8) is 0 Å². The fourth-order valence-corrected chi connectivity index (χ4v) is 1.37. The van der Waals surface area contributed by atoms with Gasteiger partial charge in [-0.2, -0.15) is 0 Å². The van der Waals surface area contributed by atoms with E-state index in [1.807, 2.05) is 6.08 Å². The Balaban J connectivity index is 0.000000713. The fourth-order valence-electron chi connectivity index (χ4n) is 1.37. The third kappa shape index (κ3) is 8.91. The zero-order valence-corrected chi connectivity index (χ0v) is 13.2. The Kier molecular flexibility index (Phi) is 12.1. The molecule has 0 fully saturated rings. The van der Waals surface area contributed by atoms with Crippen LogP contribution in [0.1, 0.15) is 12.6 Å². The standard InChI is InChI=1S/C12H13N3O.C2H6O.O.V/c16-12-4-2-1-3-10(12)7-13-6-5-11-8-14-9-15-11;1-2-3;;/h1-4,7-9H,5-6H2,(H2,13,14,15,16);3H,2H2,1H3;;/p-1. The molecule has 0 saturated carbocycles. The molecule has 0 bridgehead atoms. The summed E-state index contributed by atoms with van der Waals surface area (Å²) < 4.78 is 8.19. The van der Waals surface area contributed by atoms with Crippen molar-refractivity contribution >= 4 is 5.78 Å². The quantitative estimate of drug-likeness (QED) is 0.622. The van der Waals surface area contributed by atoms with Crippen LogP contribution in [0.2, 0.25) is 0 Å². The van der Waals surface area contributed by atoms with Crippen molar-refractivity contribution in [3.8, 4) is 0 Å². The molecular formula is C14H18N3O3V-. The summed E-state index contributed by atoms with van der Waals surface area (Å²) in [6.07, 6.45) is 12.7. The van der Waals surface area contributed by atoms with E-state index < -0.39 is 0 Å². The molecule has 113 valence electrons. The van der Waals surface area contributed by atoms with Crippen molar-refractivity contribution in [2.24, 2.45) is 0 Å². The van der Waals surface area contributed by atoms with Crippen LogP contribution in [0.25, 0.3) is 0 Å². The first-order valence-electron chi connectivity index (χ1n) is 6.31. The molecule has 0 spiro atoms. The Bertz CT molecular complexity index is 482. The number of carbonyl (C=O) groups is 1. The van der Waals surface area contributed by atoms with E-state index in [-0.39, 0.29) is 12.4 Å². The van der Waals surface area contributed by atoms with Crippen molar-refractivity contribution in [1.29, 1.82) is 0 Å². The summed E-state index contributed by atoms with van der Waals surface area (Å²) in [6, 6.07) is 0. The van der Waals surface area contributed by atoms with Crippen LogP contribution in [0.3, 0.4) is 0 Å². The average molecular weight is 327 g/mol. The number of rotatable bonds is 4. The first kappa shape index (κ1) is 19.2. The molecule has 21 heavy (non-hydrogen) atoms. The number of nitrogens with zero attached hydrogens (tertiary/aromatic N) is 2. The van der Waals surface area contributed by atoms with Crippen LogP contribution in [0.5, 0.6) is 0 Å². The average Bonchev–Trinajstić information content (AvgIpc) is 3.02. The van der Waals surface area contributed by atoms with E-state index in [2.05, 4.69) is 15.3 Å². The summed E-state index contributed by atoms with van der Waals surface area (Å²) in [5.41, 5.74) is 1.63. The summed E-state index contributed by atoms with van der Waals surface area (Å²) in [7, 11) is 0. The molecule has 7 heteroatoms. The number of nitrogens with one attached hydrogen (secondary N) is 1. The molecule has 1 aliphatic rings. The molecule has 1 heterocycles. The summed E-state index contributed by atoms with van der Waals surface area (Å²) in [6.45, 7) is 2.67. The van der Waals surface area contributed by atoms with E-state index in [0.29, 0.717) is 5.57 Å². The fraction of sp³-hybridized carbons (Fsp3) is 0.286. The van der Waals surface area contributed by atoms with E-state index in [1.54, 1.807) is 37.5 Å². The number of hydrogen-bond acceptors (Lipinski definition) is 5. The molecule has 0 radical (unpaired) electrons. The first-order chi connectivity index (χ1) is 10.3. The van der Waals surface area contributed by atoms with Gasteiger partial charge in [-0.15, -0.1) is 0 Å². The van der Waals surface area contributed by atoms with Gasteiger partial charge in [-0.05, 0) is 25.5 Å². The second kappa shape index (κ2) is 13.2. The molecule has 0 unspecified atom stereocenters. The van der Waals surface area contributed by atoms with Gasteiger partial charge >= 0.3 is 21.0 Å². The molecule has 2 rings (SSSR count). The zero-order valence-electron chi connectivity index (χ0n) is 11.8. The van der Waals surface area contributed by atoms with Gasteiger partial charge in [0.05, 0.1) is 0 Å². The minimum absolute atomic E-state index is 0.0307. The van der Waals surface area contributed by atoms with Crippen LogP contribution < -0.4 is 10.3 Å². The van der Waals surface area contributed by atoms with Gasteiger partial charge in [-0.1, -0.05) is 30.4 Å². The molecule has 0 aromatic carbocycles. The molecule has 0 saturated heterocycles. The Labute approximate surface area is 133 Å². The van der Waals surface area contributed by atoms with Gasteiger partial charge < -0.3 is 20.4 Å². The van der Waals surface area contributed by atoms with Gasteiger partial charge in [0.25, 0.3) is 0 Å². The predicted octanol–water partition coefficient (Wildman–Crippen LogP) is 0.627. The van der Waals surface area contributed by atoms with E-state index >= 15 is 0 Å². The van der Waals surface area contributed by atoms with Crippen LogP contribution in [-0.2, 0) is 32.3 Å². The van der Waals surface area contributed by atoms with Crippen molar-refractivity contribution in [1.82, 2.24) is 15.3 Å². The predicted molar refractivity (Wildman–Crippen MR) is 74.1 cm³/mol. The molecule has 0 amide bonds. The monoisotopic (exact) mass is 327 g/mol. The number of aromatic nitrogens is 2. The molecule has 1 aliphatic carbocycles. The Morgan fingerprint density at radius 3 is 2.62 bits per heavy atom. The van der Waals surface area contributed by atoms with Gasteiger partial charge in [0.1, 0.15) is 0 Å². The molecule has 1 aromatic rings. The Morgan fingerprint density at radius 2 is 2.05 bits per heavy atom. The van der Waals surface area contributed by atoms with Gasteiger partial charge in [0, 0.05) is 24.9 Å². The number of imidazole rings is 1. The van der Waals surface area contributed by atoms with E-state index in [9.17, 15) is 4.79 Å². The number of hydrogen-bond donors (Lipinski definition) is 2. The molecule has 2 N–H and O–H groups in total. The van der Waals surface area contributed by atoms with Crippen LogP contribution in [-0.4, -0.2) is 29.0 Å². The van der Waals surface area contributed by atoms with Crippen LogP contribution in [0, 0.1) is 0 Å². The van der Waals surface area contributed by atoms with Gasteiger partial charge in [-0.25, -0.2) is 0 Å². The van der Waals surface area contributed by atoms with Crippen molar-refractivity contribution in [3.05, 3.63) is 54.3 Å². The number of carbonyl (C=O) groups excluding carboxylic acids is 1. The molecule has 1 aromatic heterocycles. The van der Waals surface area contributed by atoms with Crippen molar-refractivity contribution in [2.75, 3.05) is 13.2 Å². The molecule has 0 atom stereocenters. The van der Waals surface area contributed by atoms with Crippen LogP contribution in [0.15, 0.2) is 48.6 Å². The summed E-state index contributed by atoms with van der Waals surface area (Å²) in [5.74, 6) is 0.0307. The summed E-state index contributed by atoms with van der Waals surface area (Å²) >= 11 is 1.06. The minimum atomic E-state index is 0.0307. The maximum atomic E-state index is 11.3. The molecular weight excluding hydrogens is 309 g/mol. The third-order valence-corrected chi connectivity index (χ3v) is 2.22.